The molecule has 10 heavy (non-hydrogen) atoms. The lowest BCUT2D eigenvalue weighted by Gasteiger charge is -2.03. The number of aromatic nitrogens is 1. The van der Waals surface area contributed by atoms with Gasteiger partial charge in [-0.3, -0.25) is 5.41 Å². The van der Waals surface area contributed by atoms with E-state index in [4.69, 9.17) is 5.41 Å². The highest BCUT2D eigenvalue weighted by molar-refractivity contribution is 7.07. The van der Waals surface area contributed by atoms with Crippen LogP contribution in [0.2, 0.25) is 0 Å². The Hall–Kier alpha value is -0.640. The number of nitrogens with one attached hydrogen (secondary N) is 1. The maximum Gasteiger partial charge on any atom is 0.196 e. The van der Waals surface area contributed by atoms with Crippen LogP contribution in [0.1, 0.15) is 19.9 Å². The highest BCUT2D eigenvalue weighted by atomic mass is 32.1. The van der Waals surface area contributed by atoms with Crippen molar-refractivity contribution >= 4 is 11.3 Å². The minimum Gasteiger partial charge on any atom is -0.319 e. The van der Waals surface area contributed by atoms with Gasteiger partial charge in [-0.1, -0.05) is 11.3 Å². The molecule has 0 bridgehead atoms. The molecule has 0 saturated heterocycles. The van der Waals surface area contributed by atoms with Crippen molar-refractivity contribution in [3.8, 4) is 0 Å². The monoisotopic (exact) mass is 160 g/mol. The fraction of sp³-hybridized carbons (Fsp3) is 0.500. The number of hydrogen-bond donors (Lipinski definition) is 1. The van der Waals surface area contributed by atoms with Crippen LogP contribution in [0.3, 0.4) is 0 Å². The number of halogens is 1. The van der Waals surface area contributed by atoms with E-state index in [9.17, 15) is 4.39 Å². The van der Waals surface area contributed by atoms with E-state index >= 15 is 0 Å². The van der Waals surface area contributed by atoms with Gasteiger partial charge in [-0.25, -0.2) is 0 Å². The van der Waals surface area contributed by atoms with Crippen molar-refractivity contribution < 1.29 is 4.39 Å². The molecular weight excluding hydrogens is 151 g/mol. The molecule has 0 spiro atoms. The maximum atomic E-state index is 12.4. The second kappa shape index (κ2) is 2.54. The summed E-state index contributed by atoms with van der Waals surface area (Å²) in [4.78, 5) is 0.271. The van der Waals surface area contributed by atoms with Crippen molar-refractivity contribution in [2.24, 2.45) is 0 Å². The van der Waals surface area contributed by atoms with Crippen LogP contribution < -0.4 is 4.80 Å². The molecule has 0 aliphatic carbocycles. The summed E-state index contributed by atoms with van der Waals surface area (Å²) < 4.78 is 14.0. The number of rotatable bonds is 1. The van der Waals surface area contributed by atoms with Crippen LogP contribution in [0.25, 0.3) is 0 Å². The molecule has 1 N–H and O–H groups in total. The highest BCUT2D eigenvalue weighted by Gasteiger charge is 2.02. The number of hydrogen-bond acceptors (Lipinski definition) is 2. The molecule has 56 valence electrons. The van der Waals surface area contributed by atoms with E-state index in [0.29, 0.717) is 0 Å². The van der Waals surface area contributed by atoms with E-state index < -0.39 is 0 Å². The molecule has 2 nitrogen and oxygen atoms in total. The molecule has 0 atom stereocenters. The van der Waals surface area contributed by atoms with E-state index in [-0.39, 0.29) is 16.0 Å². The molecule has 0 aliphatic rings. The second-order valence-corrected chi connectivity index (χ2v) is 3.32. The topological polar surface area (TPSA) is 28.8 Å². The van der Waals surface area contributed by atoms with Crippen molar-refractivity contribution in [1.29, 1.82) is 5.41 Å². The normalized spacial score (nSPS) is 10.8. The first-order valence-electron chi connectivity index (χ1n) is 3.03. The van der Waals surface area contributed by atoms with Gasteiger partial charge in [0, 0.05) is 6.04 Å². The first kappa shape index (κ1) is 7.47. The SMILES string of the molecule is CC(C)n1cc(F)sc1=N. The summed E-state index contributed by atoms with van der Waals surface area (Å²) in [5.41, 5.74) is 0. The van der Waals surface area contributed by atoms with Crippen molar-refractivity contribution in [3.05, 3.63) is 16.1 Å². The number of nitrogens with zero attached hydrogens (tertiary/aromatic N) is 1. The Morgan fingerprint density at radius 3 is 2.50 bits per heavy atom. The highest BCUT2D eigenvalue weighted by Crippen LogP contribution is 2.05. The quantitative estimate of drug-likeness (QED) is 0.648. The molecule has 0 aliphatic heterocycles. The van der Waals surface area contributed by atoms with E-state index in [1.54, 1.807) is 4.57 Å². The Morgan fingerprint density at radius 1 is 1.70 bits per heavy atom. The molecule has 0 amide bonds. The van der Waals surface area contributed by atoms with Crippen molar-refractivity contribution in [2.75, 3.05) is 0 Å². The van der Waals surface area contributed by atoms with Gasteiger partial charge >= 0.3 is 0 Å². The van der Waals surface area contributed by atoms with E-state index in [1.165, 1.54) is 6.20 Å². The molecule has 1 aromatic rings. The summed E-state index contributed by atoms with van der Waals surface area (Å²) in [6.45, 7) is 3.84. The van der Waals surface area contributed by atoms with Gasteiger partial charge in [0.1, 0.15) is 0 Å². The largest absolute Gasteiger partial charge is 0.319 e. The van der Waals surface area contributed by atoms with Crippen molar-refractivity contribution in [1.82, 2.24) is 4.57 Å². The molecular formula is C6H9FN2S. The lowest BCUT2D eigenvalue weighted by molar-refractivity contribution is 0.560. The van der Waals surface area contributed by atoms with E-state index in [0.717, 1.165) is 11.3 Å². The third-order valence-corrected chi connectivity index (χ3v) is 1.93. The summed E-state index contributed by atoms with van der Waals surface area (Å²) in [5.74, 6) is 0. The van der Waals surface area contributed by atoms with Gasteiger partial charge in [-0.05, 0) is 13.8 Å². The van der Waals surface area contributed by atoms with Crippen LogP contribution in [0.15, 0.2) is 6.20 Å². The van der Waals surface area contributed by atoms with Crippen LogP contribution in [-0.2, 0) is 0 Å². The van der Waals surface area contributed by atoms with Gasteiger partial charge in [0.05, 0.1) is 6.20 Å². The Balaban J connectivity index is 3.16. The van der Waals surface area contributed by atoms with E-state index in [1.807, 2.05) is 13.8 Å². The third kappa shape index (κ3) is 1.26. The van der Waals surface area contributed by atoms with Gasteiger partial charge in [-0.15, -0.1) is 0 Å². The molecule has 1 heterocycles. The first-order chi connectivity index (χ1) is 4.61. The summed E-state index contributed by atoms with van der Waals surface area (Å²) in [5, 5.41) is 6.97. The Morgan fingerprint density at radius 2 is 2.30 bits per heavy atom. The van der Waals surface area contributed by atoms with Crippen LogP contribution in [-0.4, -0.2) is 4.57 Å². The predicted octanol–water partition coefficient (Wildman–Crippen LogP) is 1.75. The summed E-state index contributed by atoms with van der Waals surface area (Å²) >= 11 is 0.861. The maximum absolute atomic E-state index is 12.4. The molecule has 1 rings (SSSR count). The van der Waals surface area contributed by atoms with Crippen molar-refractivity contribution in [3.63, 3.8) is 0 Å². The Kier molecular flexibility index (Phi) is 1.89. The summed E-state index contributed by atoms with van der Waals surface area (Å²) in [6.07, 6.45) is 1.36. The van der Waals surface area contributed by atoms with Gasteiger partial charge < -0.3 is 4.57 Å². The zero-order chi connectivity index (χ0) is 7.72. The standard InChI is InChI=1S/C6H9FN2S/c1-4(2)9-3-5(7)10-6(9)8/h3-4,8H,1-2H3. The Bertz CT molecular complexity index is 274. The lowest BCUT2D eigenvalue weighted by atomic mass is 10.4. The molecule has 1 aromatic heterocycles. The van der Waals surface area contributed by atoms with Crippen LogP contribution in [0.5, 0.6) is 0 Å². The fourth-order valence-corrected chi connectivity index (χ4v) is 1.44. The van der Waals surface area contributed by atoms with Crippen LogP contribution in [0.4, 0.5) is 4.39 Å². The van der Waals surface area contributed by atoms with Crippen LogP contribution >= 0.6 is 11.3 Å². The fourth-order valence-electron chi connectivity index (χ4n) is 0.723. The van der Waals surface area contributed by atoms with E-state index in [2.05, 4.69) is 0 Å². The van der Waals surface area contributed by atoms with Crippen LogP contribution in [0, 0.1) is 10.5 Å². The molecule has 0 unspecified atom stereocenters. The average Bonchev–Trinajstić information content (AvgIpc) is 2.10. The van der Waals surface area contributed by atoms with Gasteiger partial charge in [0.2, 0.25) is 0 Å². The lowest BCUT2D eigenvalue weighted by Crippen LogP contribution is -2.13. The molecule has 4 heteroatoms. The predicted molar refractivity (Wildman–Crippen MR) is 38.5 cm³/mol. The molecule has 0 aromatic carbocycles. The molecule has 0 radical (unpaired) electrons. The third-order valence-electron chi connectivity index (χ3n) is 1.23. The summed E-state index contributed by atoms with van der Waals surface area (Å²) in [6, 6.07) is 0.174. The van der Waals surface area contributed by atoms with Gasteiger partial charge in [0.15, 0.2) is 9.93 Å². The average molecular weight is 160 g/mol. The minimum atomic E-state index is -0.293. The number of thiazole rings is 1. The van der Waals surface area contributed by atoms with Crippen molar-refractivity contribution in [2.45, 2.75) is 19.9 Å². The second-order valence-electron chi connectivity index (χ2n) is 2.34. The smallest absolute Gasteiger partial charge is 0.196 e. The molecule has 0 fully saturated rings. The summed E-state index contributed by atoms with van der Waals surface area (Å²) in [7, 11) is 0. The van der Waals surface area contributed by atoms with Gasteiger partial charge in [-0.2, -0.15) is 4.39 Å². The zero-order valence-electron chi connectivity index (χ0n) is 5.89. The Labute approximate surface area is 62.4 Å². The van der Waals surface area contributed by atoms with Gasteiger partial charge in [0.25, 0.3) is 0 Å². The minimum absolute atomic E-state index is 0.174. The zero-order valence-corrected chi connectivity index (χ0v) is 6.70. The molecule has 0 saturated carbocycles. The first-order valence-corrected chi connectivity index (χ1v) is 3.85.